The summed E-state index contributed by atoms with van der Waals surface area (Å²) in [5.41, 5.74) is 2.31. The molecule has 1 saturated heterocycles. The summed E-state index contributed by atoms with van der Waals surface area (Å²) >= 11 is 0. The van der Waals surface area contributed by atoms with Crippen LogP contribution < -0.4 is 5.32 Å². The molecule has 2 heterocycles. The van der Waals surface area contributed by atoms with E-state index in [1.54, 1.807) is 0 Å². The monoisotopic (exact) mass is 288 g/mol. The molecule has 1 aliphatic rings. The first kappa shape index (κ1) is 14.1. The Labute approximate surface area is 123 Å². The first-order valence-corrected chi connectivity index (χ1v) is 7.42. The van der Waals surface area contributed by atoms with Crippen LogP contribution in [-0.4, -0.2) is 24.1 Å². The first-order chi connectivity index (χ1) is 10.1. The molecule has 5 heteroatoms. The summed E-state index contributed by atoms with van der Waals surface area (Å²) in [7, 11) is 0. The molecule has 112 valence electrons. The Morgan fingerprint density at radius 2 is 2.10 bits per heavy atom. The van der Waals surface area contributed by atoms with Gasteiger partial charge in [0.2, 0.25) is 5.91 Å². The molecule has 0 aliphatic carbocycles. The van der Waals surface area contributed by atoms with E-state index in [4.69, 9.17) is 9.15 Å². The van der Waals surface area contributed by atoms with Gasteiger partial charge in [0, 0.05) is 30.7 Å². The molecule has 1 aromatic carbocycles. The number of anilines is 1. The topological polar surface area (TPSA) is 64.4 Å². The van der Waals surface area contributed by atoms with Crippen molar-refractivity contribution in [3.05, 3.63) is 24.1 Å². The SMILES string of the molecule is CC(C)C(=O)Nc1ccc2oc(C3CCOCC3)nc2c1. The summed E-state index contributed by atoms with van der Waals surface area (Å²) in [6.07, 6.45) is 1.90. The van der Waals surface area contributed by atoms with E-state index in [0.29, 0.717) is 5.92 Å². The van der Waals surface area contributed by atoms with Gasteiger partial charge in [-0.05, 0) is 31.0 Å². The second-order valence-electron chi connectivity index (χ2n) is 5.77. The summed E-state index contributed by atoms with van der Waals surface area (Å²) in [6, 6.07) is 5.57. The number of benzene rings is 1. The smallest absolute Gasteiger partial charge is 0.226 e. The van der Waals surface area contributed by atoms with Crippen molar-refractivity contribution in [1.82, 2.24) is 4.98 Å². The van der Waals surface area contributed by atoms with Crippen LogP contribution in [0.5, 0.6) is 0 Å². The molecule has 0 unspecified atom stereocenters. The third-order valence-electron chi connectivity index (χ3n) is 3.77. The number of amides is 1. The van der Waals surface area contributed by atoms with Crippen LogP contribution in [0.25, 0.3) is 11.1 Å². The van der Waals surface area contributed by atoms with E-state index in [0.717, 1.165) is 48.7 Å². The number of hydrogen-bond donors (Lipinski definition) is 1. The molecule has 1 aliphatic heterocycles. The Hall–Kier alpha value is -1.88. The minimum absolute atomic E-state index is 0.00231. The van der Waals surface area contributed by atoms with Gasteiger partial charge in [-0.1, -0.05) is 13.8 Å². The lowest BCUT2D eigenvalue weighted by molar-refractivity contribution is -0.118. The van der Waals surface area contributed by atoms with Gasteiger partial charge < -0.3 is 14.5 Å². The number of rotatable bonds is 3. The number of hydrogen-bond acceptors (Lipinski definition) is 4. The normalized spacial score (nSPS) is 16.5. The summed E-state index contributed by atoms with van der Waals surface area (Å²) < 4.78 is 11.2. The Morgan fingerprint density at radius 1 is 1.33 bits per heavy atom. The molecular formula is C16H20N2O3. The second kappa shape index (κ2) is 5.85. The lowest BCUT2D eigenvalue weighted by Crippen LogP contribution is -2.17. The van der Waals surface area contributed by atoms with Crippen LogP contribution in [0.15, 0.2) is 22.6 Å². The summed E-state index contributed by atoms with van der Waals surface area (Å²) in [5.74, 6) is 1.07. The van der Waals surface area contributed by atoms with Crippen LogP contribution in [0.2, 0.25) is 0 Å². The van der Waals surface area contributed by atoms with Crippen molar-refractivity contribution in [2.75, 3.05) is 18.5 Å². The fourth-order valence-electron chi connectivity index (χ4n) is 2.43. The number of nitrogens with zero attached hydrogens (tertiary/aromatic N) is 1. The minimum atomic E-state index is -0.0456. The lowest BCUT2D eigenvalue weighted by atomic mass is 10.0. The van der Waals surface area contributed by atoms with Gasteiger partial charge in [-0.2, -0.15) is 0 Å². The van der Waals surface area contributed by atoms with Gasteiger partial charge in [0.15, 0.2) is 11.5 Å². The fraction of sp³-hybridized carbons (Fsp3) is 0.500. The maximum absolute atomic E-state index is 11.7. The van der Waals surface area contributed by atoms with Gasteiger partial charge in [-0.15, -0.1) is 0 Å². The second-order valence-corrected chi connectivity index (χ2v) is 5.77. The number of fused-ring (bicyclic) bond motifs is 1. The number of ether oxygens (including phenoxy) is 1. The van der Waals surface area contributed by atoms with Crippen molar-refractivity contribution in [2.24, 2.45) is 5.92 Å². The van der Waals surface area contributed by atoms with E-state index in [1.165, 1.54) is 0 Å². The minimum Gasteiger partial charge on any atom is -0.440 e. The molecule has 1 N–H and O–H groups in total. The molecule has 0 spiro atoms. The van der Waals surface area contributed by atoms with Gasteiger partial charge in [0.05, 0.1) is 0 Å². The highest BCUT2D eigenvalue weighted by atomic mass is 16.5. The van der Waals surface area contributed by atoms with Crippen LogP contribution in [0.3, 0.4) is 0 Å². The molecule has 3 rings (SSSR count). The van der Waals surface area contributed by atoms with E-state index >= 15 is 0 Å². The zero-order valence-corrected chi connectivity index (χ0v) is 12.4. The Balaban J connectivity index is 1.82. The molecule has 1 amide bonds. The van der Waals surface area contributed by atoms with Crippen LogP contribution in [0.4, 0.5) is 5.69 Å². The van der Waals surface area contributed by atoms with Gasteiger partial charge in [0.1, 0.15) is 5.52 Å². The number of carbonyl (C=O) groups is 1. The molecule has 2 aromatic rings. The number of nitrogens with one attached hydrogen (secondary N) is 1. The Morgan fingerprint density at radius 3 is 2.81 bits per heavy atom. The van der Waals surface area contributed by atoms with E-state index in [1.807, 2.05) is 32.0 Å². The van der Waals surface area contributed by atoms with Crippen molar-refractivity contribution in [2.45, 2.75) is 32.6 Å². The lowest BCUT2D eigenvalue weighted by Gasteiger charge is -2.18. The van der Waals surface area contributed by atoms with Crippen LogP contribution >= 0.6 is 0 Å². The van der Waals surface area contributed by atoms with E-state index in [2.05, 4.69) is 10.3 Å². The molecule has 1 fully saturated rings. The zero-order valence-electron chi connectivity index (χ0n) is 12.4. The van der Waals surface area contributed by atoms with Gasteiger partial charge >= 0.3 is 0 Å². The van der Waals surface area contributed by atoms with Crippen LogP contribution in [0.1, 0.15) is 38.5 Å². The number of aromatic nitrogens is 1. The predicted octanol–water partition coefficient (Wildman–Crippen LogP) is 3.32. The quantitative estimate of drug-likeness (QED) is 0.941. The highest BCUT2D eigenvalue weighted by molar-refractivity contribution is 5.93. The highest BCUT2D eigenvalue weighted by Gasteiger charge is 2.21. The molecule has 0 atom stereocenters. The molecule has 21 heavy (non-hydrogen) atoms. The van der Waals surface area contributed by atoms with E-state index < -0.39 is 0 Å². The van der Waals surface area contributed by atoms with Crippen LogP contribution in [-0.2, 0) is 9.53 Å². The van der Waals surface area contributed by atoms with E-state index in [9.17, 15) is 4.79 Å². The summed E-state index contributed by atoms with van der Waals surface area (Å²) in [4.78, 5) is 16.3. The van der Waals surface area contributed by atoms with Gasteiger partial charge in [0.25, 0.3) is 0 Å². The molecule has 0 saturated carbocycles. The van der Waals surface area contributed by atoms with Crippen molar-refractivity contribution in [3.8, 4) is 0 Å². The molecule has 5 nitrogen and oxygen atoms in total. The van der Waals surface area contributed by atoms with Crippen molar-refractivity contribution >= 4 is 22.7 Å². The zero-order chi connectivity index (χ0) is 14.8. The molecular weight excluding hydrogens is 268 g/mol. The molecule has 1 aromatic heterocycles. The molecule has 0 radical (unpaired) electrons. The molecule has 0 bridgehead atoms. The average Bonchev–Trinajstić information content (AvgIpc) is 2.91. The van der Waals surface area contributed by atoms with Crippen molar-refractivity contribution < 1.29 is 13.9 Å². The Kier molecular flexibility index (Phi) is 3.92. The van der Waals surface area contributed by atoms with Gasteiger partial charge in [-0.3, -0.25) is 4.79 Å². The predicted molar refractivity (Wildman–Crippen MR) is 80.3 cm³/mol. The number of carbonyl (C=O) groups excluding carboxylic acids is 1. The maximum atomic E-state index is 11.7. The van der Waals surface area contributed by atoms with E-state index in [-0.39, 0.29) is 11.8 Å². The van der Waals surface area contributed by atoms with Crippen molar-refractivity contribution in [3.63, 3.8) is 0 Å². The maximum Gasteiger partial charge on any atom is 0.226 e. The third-order valence-corrected chi connectivity index (χ3v) is 3.77. The summed E-state index contributed by atoms with van der Waals surface area (Å²) in [6.45, 7) is 5.26. The standard InChI is InChI=1S/C16H20N2O3/c1-10(2)15(19)17-12-3-4-14-13(9-12)18-16(21-14)11-5-7-20-8-6-11/h3-4,9-11H,5-8H2,1-2H3,(H,17,19). The summed E-state index contributed by atoms with van der Waals surface area (Å²) in [5, 5.41) is 2.88. The Bertz CT molecular complexity index is 642. The van der Waals surface area contributed by atoms with Gasteiger partial charge in [-0.25, -0.2) is 4.98 Å². The largest absolute Gasteiger partial charge is 0.440 e. The highest BCUT2D eigenvalue weighted by Crippen LogP contribution is 2.30. The first-order valence-electron chi connectivity index (χ1n) is 7.42. The average molecular weight is 288 g/mol. The number of oxazole rings is 1. The van der Waals surface area contributed by atoms with Crippen molar-refractivity contribution in [1.29, 1.82) is 0 Å². The van der Waals surface area contributed by atoms with Crippen LogP contribution in [0, 0.1) is 5.92 Å². The third kappa shape index (κ3) is 3.08. The fourth-order valence-corrected chi connectivity index (χ4v) is 2.43.